The van der Waals surface area contributed by atoms with E-state index in [1.54, 1.807) is 0 Å². The van der Waals surface area contributed by atoms with Crippen molar-refractivity contribution < 1.29 is 4.79 Å². The SMILES string of the molecule is CNC1CCN(C(=O)c2ccccc2Nc2ccccc2)CC1.Cl. The Morgan fingerprint density at radius 1 is 1.00 bits per heavy atom. The standard InChI is InChI=1S/C19H23N3O.ClH/c1-20-15-11-13-22(14-12-15)19(23)17-9-5-6-10-18(17)21-16-7-3-2-4-8-16;/h2-10,15,20-21H,11-14H2,1H3;1H. The minimum Gasteiger partial charge on any atom is -0.355 e. The average molecular weight is 346 g/mol. The number of hydrogen-bond acceptors (Lipinski definition) is 3. The van der Waals surface area contributed by atoms with E-state index >= 15 is 0 Å². The molecule has 3 rings (SSSR count). The number of piperidine rings is 1. The molecule has 1 amide bonds. The molecule has 0 saturated carbocycles. The van der Waals surface area contributed by atoms with Gasteiger partial charge in [0, 0.05) is 24.8 Å². The second-order valence-corrected chi connectivity index (χ2v) is 5.89. The zero-order valence-corrected chi connectivity index (χ0v) is 14.7. The monoisotopic (exact) mass is 345 g/mol. The highest BCUT2D eigenvalue weighted by Crippen LogP contribution is 2.23. The van der Waals surface area contributed by atoms with Gasteiger partial charge in [0.2, 0.25) is 0 Å². The second kappa shape index (κ2) is 8.71. The lowest BCUT2D eigenvalue weighted by molar-refractivity contribution is 0.0708. The van der Waals surface area contributed by atoms with Crippen molar-refractivity contribution in [3.8, 4) is 0 Å². The maximum Gasteiger partial charge on any atom is 0.255 e. The Hall–Kier alpha value is -2.04. The van der Waals surface area contributed by atoms with E-state index in [1.807, 2.05) is 66.5 Å². The highest BCUT2D eigenvalue weighted by atomic mass is 35.5. The molecule has 0 spiro atoms. The van der Waals surface area contributed by atoms with Crippen molar-refractivity contribution in [2.45, 2.75) is 18.9 Å². The van der Waals surface area contributed by atoms with Gasteiger partial charge >= 0.3 is 0 Å². The second-order valence-electron chi connectivity index (χ2n) is 5.89. The molecule has 0 unspecified atom stereocenters. The number of hydrogen-bond donors (Lipinski definition) is 2. The van der Waals surface area contributed by atoms with Gasteiger partial charge in [0.05, 0.1) is 11.3 Å². The number of amides is 1. The van der Waals surface area contributed by atoms with Crippen LogP contribution in [0.3, 0.4) is 0 Å². The molecule has 2 aromatic rings. The zero-order valence-electron chi connectivity index (χ0n) is 13.9. The van der Waals surface area contributed by atoms with E-state index in [4.69, 9.17) is 0 Å². The number of halogens is 1. The minimum absolute atomic E-state index is 0. The molecule has 2 aromatic carbocycles. The fourth-order valence-electron chi connectivity index (χ4n) is 3.00. The number of carbonyl (C=O) groups excluding carboxylic acids is 1. The number of benzene rings is 2. The lowest BCUT2D eigenvalue weighted by Gasteiger charge is -2.32. The Morgan fingerprint density at radius 2 is 1.62 bits per heavy atom. The smallest absolute Gasteiger partial charge is 0.255 e. The van der Waals surface area contributed by atoms with Gasteiger partial charge < -0.3 is 15.5 Å². The molecule has 0 atom stereocenters. The summed E-state index contributed by atoms with van der Waals surface area (Å²) in [7, 11) is 1.99. The summed E-state index contributed by atoms with van der Waals surface area (Å²) in [5.41, 5.74) is 2.58. The third-order valence-corrected chi connectivity index (χ3v) is 4.40. The van der Waals surface area contributed by atoms with E-state index in [-0.39, 0.29) is 18.3 Å². The van der Waals surface area contributed by atoms with E-state index in [0.29, 0.717) is 6.04 Å². The van der Waals surface area contributed by atoms with Gasteiger partial charge in [-0.25, -0.2) is 0 Å². The molecule has 1 aliphatic heterocycles. The van der Waals surface area contributed by atoms with Crippen molar-refractivity contribution in [1.29, 1.82) is 0 Å². The summed E-state index contributed by atoms with van der Waals surface area (Å²) >= 11 is 0. The van der Waals surface area contributed by atoms with Gasteiger partial charge in [-0.3, -0.25) is 4.79 Å². The van der Waals surface area contributed by atoms with Crippen LogP contribution >= 0.6 is 12.4 Å². The molecular formula is C19H24ClN3O. The first-order chi connectivity index (χ1) is 11.3. The molecule has 0 aliphatic carbocycles. The van der Waals surface area contributed by atoms with Gasteiger partial charge in [-0.1, -0.05) is 30.3 Å². The van der Waals surface area contributed by atoms with Gasteiger partial charge in [-0.15, -0.1) is 12.4 Å². The highest BCUT2D eigenvalue weighted by Gasteiger charge is 2.24. The van der Waals surface area contributed by atoms with Crippen LogP contribution in [0.1, 0.15) is 23.2 Å². The van der Waals surface area contributed by atoms with Crippen molar-refractivity contribution in [3.63, 3.8) is 0 Å². The van der Waals surface area contributed by atoms with E-state index in [2.05, 4.69) is 10.6 Å². The molecule has 1 heterocycles. The number of likely N-dealkylation sites (tertiary alicyclic amines) is 1. The molecule has 1 fully saturated rings. The van der Waals surface area contributed by atoms with Crippen LogP contribution in [0.25, 0.3) is 0 Å². The molecule has 24 heavy (non-hydrogen) atoms. The summed E-state index contributed by atoms with van der Waals surface area (Å²) < 4.78 is 0. The normalized spacial score (nSPS) is 14.8. The number of rotatable bonds is 4. The lowest BCUT2D eigenvalue weighted by atomic mass is 10.0. The largest absolute Gasteiger partial charge is 0.355 e. The maximum atomic E-state index is 12.9. The Labute approximate surface area is 149 Å². The van der Waals surface area contributed by atoms with Gasteiger partial charge in [-0.2, -0.15) is 0 Å². The van der Waals surface area contributed by atoms with Gasteiger partial charge in [0.25, 0.3) is 5.91 Å². The topological polar surface area (TPSA) is 44.4 Å². The molecule has 2 N–H and O–H groups in total. The van der Waals surface area contributed by atoms with Crippen molar-refractivity contribution >= 4 is 29.7 Å². The molecule has 0 aromatic heterocycles. The Morgan fingerprint density at radius 3 is 2.29 bits per heavy atom. The van der Waals surface area contributed by atoms with E-state index in [9.17, 15) is 4.79 Å². The number of nitrogens with one attached hydrogen (secondary N) is 2. The van der Waals surface area contributed by atoms with Gasteiger partial charge in [0.15, 0.2) is 0 Å². The molecule has 1 saturated heterocycles. The van der Waals surface area contributed by atoms with Crippen molar-refractivity contribution in [3.05, 3.63) is 60.2 Å². The fourth-order valence-corrected chi connectivity index (χ4v) is 3.00. The summed E-state index contributed by atoms with van der Waals surface area (Å²) in [6.07, 6.45) is 2.02. The Bertz CT molecular complexity index is 655. The predicted molar refractivity (Wildman–Crippen MR) is 101 cm³/mol. The number of nitrogens with zero attached hydrogens (tertiary/aromatic N) is 1. The minimum atomic E-state index is 0. The Balaban J connectivity index is 0.00000208. The molecule has 1 aliphatic rings. The quantitative estimate of drug-likeness (QED) is 0.888. The lowest BCUT2D eigenvalue weighted by Crippen LogP contribution is -2.44. The van der Waals surface area contributed by atoms with Crippen molar-refractivity contribution in [2.24, 2.45) is 0 Å². The van der Waals surface area contributed by atoms with Crippen LogP contribution in [-0.4, -0.2) is 37.0 Å². The first kappa shape index (κ1) is 18.3. The zero-order chi connectivity index (χ0) is 16.1. The van der Waals surface area contributed by atoms with Crippen molar-refractivity contribution in [2.75, 3.05) is 25.5 Å². The number of anilines is 2. The van der Waals surface area contributed by atoms with E-state index in [1.165, 1.54) is 0 Å². The Kier molecular flexibility index (Phi) is 6.64. The first-order valence-electron chi connectivity index (χ1n) is 8.15. The summed E-state index contributed by atoms with van der Waals surface area (Å²) in [5.74, 6) is 0.110. The van der Waals surface area contributed by atoms with Gasteiger partial charge in [0.1, 0.15) is 0 Å². The maximum absolute atomic E-state index is 12.9. The first-order valence-corrected chi connectivity index (χ1v) is 8.15. The van der Waals surface area contributed by atoms with Crippen LogP contribution in [0.4, 0.5) is 11.4 Å². The van der Waals surface area contributed by atoms with Crippen LogP contribution in [0.5, 0.6) is 0 Å². The molecule has 5 heteroatoms. The molecular weight excluding hydrogens is 322 g/mol. The molecule has 4 nitrogen and oxygen atoms in total. The third kappa shape index (κ3) is 4.28. The number of carbonyl (C=O) groups is 1. The van der Waals surface area contributed by atoms with Crippen LogP contribution in [0.15, 0.2) is 54.6 Å². The van der Waals surface area contributed by atoms with E-state index in [0.717, 1.165) is 42.9 Å². The summed E-state index contributed by atoms with van der Waals surface area (Å²) in [5, 5.41) is 6.65. The molecule has 0 bridgehead atoms. The summed E-state index contributed by atoms with van der Waals surface area (Å²) in [6.45, 7) is 1.62. The van der Waals surface area contributed by atoms with Gasteiger partial charge in [-0.05, 0) is 44.2 Å². The summed E-state index contributed by atoms with van der Waals surface area (Å²) in [4.78, 5) is 14.8. The van der Waals surface area contributed by atoms with Crippen LogP contribution in [0, 0.1) is 0 Å². The van der Waals surface area contributed by atoms with Crippen LogP contribution < -0.4 is 10.6 Å². The highest BCUT2D eigenvalue weighted by molar-refractivity contribution is 6.00. The van der Waals surface area contributed by atoms with Crippen molar-refractivity contribution in [1.82, 2.24) is 10.2 Å². The van der Waals surface area contributed by atoms with Crippen LogP contribution in [-0.2, 0) is 0 Å². The van der Waals surface area contributed by atoms with Crippen LogP contribution in [0.2, 0.25) is 0 Å². The molecule has 128 valence electrons. The fraction of sp³-hybridized carbons (Fsp3) is 0.316. The van der Waals surface area contributed by atoms with E-state index < -0.39 is 0 Å². The third-order valence-electron chi connectivity index (χ3n) is 4.40. The average Bonchev–Trinajstić information content (AvgIpc) is 2.62. The predicted octanol–water partition coefficient (Wildman–Crippen LogP) is 3.68. The molecule has 0 radical (unpaired) electrons. The summed E-state index contributed by atoms with van der Waals surface area (Å²) in [6, 6.07) is 18.2. The number of para-hydroxylation sites is 2.